The number of piperazine rings is 1. The summed E-state index contributed by atoms with van der Waals surface area (Å²) in [5, 5.41) is 0. The van der Waals surface area contributed by atoms with Crippen LogP contribution in [0.15, 0.2) is 48.5 Å². The van der Waals surface area contributed by atoms with E-state index in [2.05, 4.69) is 4.18 Å². The summed E-state index contributed by atoms with van der Waals surface area (Å²) < 4.78 is 146. The van der Waals surface area contributed by atoms with Gasteiger partial charge in [0.15, 0.2) is 5.76 Å². The molecule has 2 heterocycles. The highest BCUT2D eigenvalue weighted by Gasteiger charge is 2.49. The second-order valence-electron chi connectivity index (χ2n) is 8.26. The Hall–Kier alpha value is -3.61. The third kappa shape index (κ3) is 5.87. The van der Waals surface area contributed by atoms with Crippen molar-refractivity contribution in [3.63, 3.8) is 0 Å². The van der Waals surface area contributed by atoms with Gasteiger partial charge in [0.25, 0.3) is 0 Å². The Labute approximate surface area is 223 Å². The van der Waals surface area contributed by atoms with Crippen LogP contribution >= 0.6 is 0 Å². The lowest BCUT2D eigenvalue weighted by molar-refractivity contribution is -0.0510. The van der Waals surface area contributed by atoms with Crippen molar-refractivity contribution >= 4 is 33.3 Å². The van der Waals surface area contributed by atoms with E-state index in [1.54, 1.807) is 30.3 Å². The van der Waals surface area contributed by atoms with Crippen molar-refractivity contribution in [1.29, 1.82) is 0 Å². The molecule has 2 aliphatic rings. The number of fused-ring (bicyclic) bond motifs is 1. The maximum absolute atomic E-state index is 13.1. The highest BCUT2D eigenvalue weighted by Crippen LogP contribution is 2.43. The maximum Gasteiger partial charge on any atom is 0.534 e. The number of carbonyl (C=O) groups excluding carboxylic acids is 1. The van der Waals surface area contributed by atoms with Gasteiger partial charge in [0.05, 0.1) is 27.9 Å². The van der Waals surface area contributed by atoms with Crippen LogP contribution < -0.4 is 15.4 Å². The number of alkyl halides is 3. The lowest BCUT2D eigenvalue weighted by atomic mass is 9.99. The molecular formula is C24H26F3N3O6S. The van der Waals surface area contributed by atoms with Gasteiger partial charge in [0.2, 0.25) is 0 Å². The fourth-order valence-electron chi connectivity index (χ4n) is 3.25. The van der Waals surface area contributed by atoms with E-state index in [-0.39, 0.29) is 9.80 Å². The van der Waals surface area contributed by atoms with Crippen molar-refractivity contribution in [2.75, 3.05) is 36.6 Å². The third-order valence-electron chi connectivity index (χ3n) is 4.90. The molecule has 13 heteroatoms. The van der Waals surface area contributed by atoms with Crippen molar-refractivity contribution in [3.05, 3.63) is 59.7 Å². The molecule has 200 valence electrons. The number of anilines is 2. The molecule has 0 aromatic heterocycles. The lowest BCUT2D eigenvalue weighted by Gasteiger charge is -2.37. The van der Waals surface area contributed by atoms with E-state index in [1.807, 2.05) is 0 Å². The number of amides is 1. The van der Waals surface area contributed by atoms with Crippen molar-refractivity contribution < 1.29 is 51.0 Å². The SMILES string of the molecule is [2H]C1([2H])N(C(=O)OCc2ccccc2)C([2H])([2H])C([2H])([2H])N(c2cc3c(cc2N)C(OS(=O)(=O)C(F)(F)F)=CC(C)(C)O3)C1([2H])[2H]. The van der Waals surface area contributed by atoms with Crippen LogP contribution in [0.1, 0.15) is 35.9 Å². The average molecular weight is 550 g/mol. The molecule has 0 bridgehead atoms. The molecule has 0 atom stereocenters. The molecule has 2 aromatic rings. The van der Waals surface area contributed by atoms with Crippen LogP contribution in [0.25, 0.3) is 5.76 Å². The Morgan fingerprint density at radius 3 is 2.43 bits per heavy atom. The fraction of sp³-hybridized carbons (Fsp3) is 0.375. The first-order chi connectivity index (χ1) is 20.3. The van der Waals surface area contributed by atoms with Crippen LogP contribution in [-0.4, -0.2) is 56.5 Å². The molecule has 1 amide bonds. The van der Waals surface area contributed by atoms with Crippen molar-refractivity contribution in [2.24, 2.45) is 0 Å². The first-order valence-corrected chi connectivity index (χ1v) is 11.9. The van der Waals surface area contributed by atoms with Gasteiger partial charge in [0, 0.05) is 38.1 Å². The summed E-state index contributed by atoms with van der Waals surface area (Å²) in [5.41, 5.74) is -2.79. The van der Waals surface area contributed by atoms with Crippen LogP contribution in [0.3, 0.4) is 0 Å². The number of hydrogen-bond acceptors (Lipinski definition) is 8. The van der Waals surface area contributed by atoms with E-state index in [0.29, 0.717) is 5.56 Å². The number of hydrogen-bond donors (Lipinski definition) is 1. The van der Waals surface area contributed by atoms with E-state index < -0.39 is 88.4 Å². The summed E-state index contributed by atoms with van der Waals surface area (Å²) in [7, 11) is -6.18. The van der Waals surface area contributed by atoms with Gasteiger partial charge in [-0.3, -0.25) is 0 Å². The molecule has 0 aliphatic carbocycles. The Morgan fingerprint density at radius 2 is 1.81 bits per heavy atom. The first-order valence-electron chi connectivity index (χ1n) is 14.5. The van der Waals surface area contributed by atoms with E-state index in [1.165, 1.54) is 13.8 Å². The number of rotatable bonds is 5. The van der Waals surface area contributed by atoms with E-state index in [0.717, 1.165) is 18.2 Å². The number of ether oxygens (including phenoxy) is 2. The molecular weight excluding hydrogens is 515 g/mol. The molecule has 37 heavy (non-hydrogen) atoms. The molecule has 1 saturated heterocycles. The van der Waals surface area contributed by atoms with E-state index in [9.17, 15) is 26.4 Å². The molecule has 2 aliphatic heterocycles. The van der Waals surface area contributed by atoms with Gasteiger partial charge < -0.3 is 29.2 Å². The summed E-state index contributed by atoms with van der Waals surface area (Å²) in [5.74, 6) is -1.36. The van der Waals surface area contributed by atoms with Crippen LogP contribution in [0.4, 0.5) is 29.3 Å². The normalized spacial score (nSPS) is 26.0. The van der Waals surface area contributed by atoms with E-state index in [4.69, 9.17) is 26.2 Å². The number of benzene rings is 2. The summed E-state index contributed by atoms with van der Waals surface area (Å²) in [6.07, 6.45) is -0.824. The second kappa shape index (κ2) is 9.69. The Bertz CT molecular complexity index is 1630. The number of nitrogens with zero attached hydrogens (tertiary/aromatic N) is 2. The minimum atomic E-state index is -6.18. The van der Waals surface area contributed by atoms with E-state index >= 15 is 0 Å². The Balaban J connectivity index is 1.81. The minimum absolute atomic E-state index is 0.00173. The summed E-state index contributed by atoms with van der Waals surface area (Å²) in [6.45, 7) is -12.4. The highest BCUT2D eigenvalue weighted by atomic mass is 32.2. The highest BCUT2D eigenvalue weighted by molar-refractivity contribution is 7.87. The van der Waals surface area contributed by atoms with Gasteiger partial charge in [-0.1, -0.05) is 30.3 Å². The number of halogens is 3. The second-order valence-corrected chi connectivity index (χ2v) is 9.80. The molecule has 0 unspecified atom stereocenters. The number of nitrogens with two attached hydrogens (primary N) is 1. The van der Waals surface area contributed by atoms with Gasteiger partial charge in [0.1, 0.15) is 18.0 Å². The minimum Gasteiger partial charge on any atom is -0.483 e. The fourth-order valence-corrected chi connectivity index (χ4v) is 3.72. The third-order valence-corrected chi connectivity index (χ3v) is 5.87. The molecule has 2 N–H and O–H groups in total. The molecule has 0 saturated carbocycles. The molecule has 0 radical (unpaired) electrons. The quantitative estimate of drug-likeness (QED) is 0.337. The molecule has 1 fully saturated rings. The predicted molar refractivity (Wildman–Crippen MR) is 130 cm³/mol. The number of carbonyl (C=O) groups is 1. The standard InChI is InChI=1S/C24H26F3N3O6S/c1-23(2)14-21(36-37(32,33)24(25,26)27)17-12-18(28)19(13-20(17)35-23)29-8-10-30(11-9-29)22(31)34-15-16-6-4-3-5-7-16/h3-7,12-14H,8-11,15,28H2,1-2H3/i8D2,9D2,10D2,11D2. The van der Waals surface area contributed by atoms with Gasteiger partial charge in [-0.15, -0.1) is 0 Å². The van der Waals surface area contributed by atoms with Crippen molar-refractivity contribution in [3.8, 4) is 5.75 Å². The van der Waals surface area contributed by atoms with Crippen LogP contribution in [0.2, 0.25) is 0 Å². The van der Waals surface area contributed by atoms with Crippen LogP contribution in [0.5, 0.6) is 5.75 Å². The zero-order valence-electron chi connectivity index (χ0n) is 27.3. The average Bonchev–Trinajstić information content (AvgIpc) is 2.86. The smallest absolute Gasteiger partial charge is 0.483 e. The summed E-state index contributed by atoms with van der Waals surface area (Å²) >= 11 is 0. The summed E-state index contributed by atoms with van der Waals surface area (Å²) in [4.78, 5) is 12.7. The van der Waals surface area contributed by atoms with Crippen LogP contribution in [-0.2, 0) is 25.6 Å². The van der Waals surface area contributed by atoms with Gasteiger partial charge in [-0.25, -0.2) is 4.79 Å². The molecule has 9 nitrogen and oxygen atoms in total. The predicted octanol–water partition coefficient (Wildman–Crippen LogP) is 4.11. The zero-order valence-corrected chi connectivity index (χ0v) is 20.1. The summed E-state index contributed by atoms with van der Waals surface area (Å²) in [6, 6.07) is 9.50. The molecule has 2 aromatic carbocycles. The van der Waals surface area contributed by atoms with Gasteiger partial charge in [-0.2, -0.15) is 21.6 Å². The van der Waals surface area contributed by atoms with Crippen LogP contribution in [0, 0.1) is 0 Å². The lowest BCUT2D eigenvalue weighted by Crippen LogP contribution is -2.49. The monoisotopic (exact) mass is 549 g/mol. The van der Waals surface area contributed by atoms with Crippen molar-refractivity contribution in [1.82, 2.24) is 4.90 Å². The zero-order chi connectivity index (χ0) is 34.2. The largest absolute Gasteiger partial charge is 0.534 e. The maximum atomic E-state index is 13.1. The first kappa shape index (κ1) is 17.8. The Morgan fingerprint density at radius 1 is 1.16 bits per heavy atom. The Kier molecular flexibility index (Phi) is 4.66. The number of nitrogen functional groups attached to an aromatic ring is 1. The van der Waals surface area contributed by atoms with Gasteiger partial charge >= 0.3 is 21.7 Å². The molecule has 4 rings (SSSR count). The molecule has 0 spiro atoms. The van der Waals surface area contributed by atoms with Gasteiger partial charge in [-0.05, 0) is 25.5 Å². The topological polar surface area (TPSA) is 111 Å². The van der Waals surface area contributed by atoms with Crippen molar-refractivity contribution in [2.45, 2.75) is 31.6 Å².